The highest BCUT2D eigenvalue weighted by atomic mass is 16.5. The Morgan fingerprint density at radius 3 is 2.50 bits per heavy atom. The minimum atomic E-state index is -0.0909. The summed E-state index contributed by atoms with van der Waals surface area (Å²) in [6.07, 6.45) is 2.25. The Balaban J connectivity index is 0.000000249. The summed E-state index contributed by atoms with van der Waals surface area (Å²) < 4.78 is 5.01. The summed E-state index contributed by atoms with van der Waals surface area (Å²) in [5.74, 6) is -0.0909. The lowest BCUT2D eigenvalue weighted by Gasteiger charge is -2.10. The van der Waals surface area contributed by atoms with Crippen molar-refractivity contribution in [2.45, 2.75) is 13.3 Å². The fraction of sp³-hybridized carbons (Fsp3) is 0.700. The molecule has 0 aromatic rings. The molecule has 2 N–H and O–H groups in total. The predicted octanol–water partition coefficient (Wildman–Crippen LogP) is 0.305. The standard InChI is InChI=1S/C6H11NO.C4H9NO/c1-3-5-7-6(8)4-2;1-3-6-4-2-5-1/h4H,2-3,5H2,1H3,(H,7,8);5H,1-4H2. The van der Waals surface area contributed by atoms with Crippen molar-refractivity contribution in [3.05, 3.63) is 12.7 Å². The maximum Gasteiger partial charge on any atom is 0.243 e. The van der Waals surface area contributed by atoms with Gasteiger partial charge in [-0.1, -0.05) is 13.5 Å². The number of carbonyl (C=O) groups excluding carboxylic acids is 1. The van der Waals surface area contributed by atoms with Crippen LogP contribution in [0.4, 0.5) is 0 Å². The third-order valence-corrected chi connectivity index (χ3v) is 1.58. The molecule has 1 aliphatic heterocycles. The number of amides is 1. The molecular weight excluding hydrogens is 180 g/mol. The molecule has 1 saturated heterocycles. The highest BCUT2D eigenvalue weighted by Crippen LogP contribution is 1.76. The number of morpholine rings is 1. The number of carbonyl (C=O) groups is 1. The Morgan fingerprint density at radius 2 is 2.21 bits per heavy atom. The predicted molar refractivity (Wildman–Crippen MR) is 57.2 cm³/mol. The van der Waals surface area contributed by atoms with Crippen LogP contribution in [-0.2, 0) is 9.53 Å². The van der Waals surface area contributed by atoms with Crippen LogP contribution in [0, 0.1) is 0 Å². The first-order valence-corrected chi connectivity index (χ1v) is 5.00. The Labute approximate surface area is 85.7 Å². The third-order valence-electron chi connectivity index (χ3n) is 1.58. The molecule has 0 atom stereocenters. The average Bonchev–Trinajstić information content (AvgIpc) is 2.29. The Kier molecular flexibility index (Phi) is 9.58. The van der Waals surface area contributed by atoms with E-state index in [9.17, 15) is 4.79 Å². The van der Waals surface area contributed by atoms with Crippen LogP contribution in [0.25, 0.3) is 0 Å². The lowest BCUT2D eigenvalue weighted by Crippen LogP contribution is -2.30. The number of ether oxygens (including phenoxy) is 1. The normalized spacial score (nSPS) is 14.9. The molecule has 0 spiro atoms. The van der Waals surface area contributed by atoms with Gasteiger partial charge in [0, 0.05) is 19.6 Å². The topological polar surface area (TPSA) is 50.4 Å². The molecule has 0 saturated carbocycles. The van der Waals surface area contributed by atoms with E-state index in [0.29, 0.717) is 0 Å². The zero-order valence-corrected chi connectivity index (χ0v) is 8.84. The molecule has 0 bridgehead atoms. The molecule has 0 unspecified atom stereocenters. The molecule has 14 heavy (non-hydrogen) atoms. The number of nitrogens with one attached hydrogen (secondary N) is 2. The van der Waals surface area contributed by atoms with Crippen LogP contribution < -0.4 is 10.6 Å². The molecule has 4 heteroatoms. The van der Waals surface area contributed by atoms with Crippen LogP contribution in [0.1, 0.15) is 13.3 Å². The van der Waals surface area contributed by atoms with Gasteiger partial charge in [-0.15, -0.1) is 0 Å². The van der Waals surface area contributed by atoms with Gasteiger partial charge in [-0.05, 0) is 12.5 Å². The van der Waals surface area contributed by atoms with Crippen molar-refractivity contribution in [3.63, 3.8) is 0 Å². The number of hydrogen-bond donors (Lipinski definition) is 2. The van der Waals surface area contributed by atoms with E-state index in [1.165, 1.54) is 6.08 Å². The van der Waals surface area contributed by atoms with E-state index in [2.05, 4.69) is 17.2 Å². The molecular formula is C10H20N2O2. The van der Waals surface area contributed by atoms with Crippen molar-refractivity contribution < 1.29 is 9.53 Å². The summed E-state index contributed by atoms with van der Waals surface area (Å²) in [4.78, 5) is 10.3. The highest BCUT2D eigenvalue weighted by Gasteiger charge is 1.93. The van der Waals surface area contributed by atoms with E-state index >= 15 is 0 Å². The smallest absolute Gasteiger partial charge is 0.243 e. The first kappa shape index (κ1) is 13.1. The summed E-state index contributed by atoms with van der Waals surface area (Å²) >= 11 is 0. The van der Waals surface area contributed by atoms with Gasteiger partial charge in [0.1, 0.15) is 0 Å². The summed E-state index contributed by atoms with van der Waals surface area (Å²) in [6.45, 7) is 9.88. The van der Waals surface area contributed by atoms with Gasteiger partial charge in [0.2, 0.25) is 5.91 Å². The number of hydrogen-bond acceptors (Lipinski definition) is 3. The van der Waals surface area contributed by atoms with Crippen molar-refractivity contribution in [1.82, 2.24) is 10.6 Å². The van der Waals surface area contributed by atoms with E-state index in [-0.39, 0.29) is 5.91 Å². The zero-order valence-electron chi connectivity index (χ0n) is 8.84. The molecule has 1 rings (SSSR count). The Bertz CT molecular complexity index is 145. The first-order chi connectivity index (χ1) is 6.81. The first-order valence-electron chi connectivity index (χ1n) is 5.00. The molecule has 0 radical (unpaired) electrons. The van der Waals surface area contributed by atoms with E-state index in [0.717, 1.165) is 39.3 Å². The monoisotopic (exact) mass is 200 g/mol. The summed E-state index contributed by atoms with van der Waals surface area (Å²) in [5, 5.41) is 5.78. The second kappa shape index (κ2) is 10.2. The summed E-state index contributed by atoms with van der Waals surface area (Å²) in [7, 11) is 0. The summed E-state index contributed by atoms with van der Waals surface area (Å²) in [5.41, 5.74) is 0. The van der Waals surface area contributed by atoms with Crippen LogP contribution in [0.2, 0.25) is 0 Å². The van der Waals surface area contributed by atoms with Crippen LogP contribution in [0.5, 0.6) is 0 Å². The maximum absolute atomic E-state index is 10.3. The van der Waals surface area contributed by atoms with Gasteiger partial charge in [0.25, 0.3) is 0 Å². The second-order valence-corrected chi connectivity index (χ2v) is 2.86. The van der Waals surface area contributed by atoms with Crippen LogP contribution in [0.15, 0.2) is 12.7 Å². The van der Waals surface area contributed by atoms with Crippen LogP contribution in [0.3, 0.4) is 0 Å². The van der Waals surface area contributed by atoms with Gasteiger partial charge in [-0.3, -0.25) is 4.79 Å². The zero-order chi connectivity index (χ0) is 10.6. The van der Waals surface area contributed by atoms with E-state index < -0.39 is 0 Å². The van der Waals surface area contributed by atoms with E-state index in [1.807, 2.05) is 6.92 Å². The van der Waals surface area contributed by atoms with Crippen LogP contribution >= 0.6 is 0 Å². The van der Waals surface area contributed by atoms with Crippen molar-refractivity contribution in [2.24, 2.45) is 0 Å². The lowest BCUT2D eigenvalue weighted by molar-refractivity contribution is -0.116. The van der Waals surface area contributed by atoms with Gasteiger partial charge < -0.3 is 15.4 Å². The third kappa shape index (κ3) is 9.22. The molecule has 4 nitrogen and oxygen atoms in total. The van der Waals surface area contributed by atoms with Gasteiger partial charge >= 0.3 is 0 Å². The van der Waals surface area contributed by atoms with Gasteiger partial charge in [0.15, 0.2) is 0 Å². The van der Waals surface area contributed by atoms with Gasteiger partial charge in [-0.25, -0.2) is 0 Å². The molecule has 1 aliphatic rings. The van der Waals surface area contributed by atoms with Crippen LogP contribution in [-0.4, -0.2) is 38.8 Å². The Hall–Kier alpha value is -0.870. The second-order valence-electron chi connectivity index (χ2n) is 2.86. The van der Waals surface area contributed by atoms with Crippen molar-refractivity contribution in [1.29, 1.82) is 0 Å². The fourth-order valence-corrected chi connectivity index (χ4v) is 0.836. The summed E-state index contributed by atoms with van der Waals surface area (Å²) in [6, 6.07) is 0. The SMILES string of the molecule is C1COCCN1.C=CC(=O)NCCC. The van der Waals surface area contributed by atoms with Crippen molar-refractivity contribution in [3.8, 4) is 0 Å². The fourth-order valence-electron chi connectivity index (χ4n) is 0.836. The van der Waals surface area contributed by atoms with E-state index in [4.69, 9.17) is 4.74 Å². The van der Waals surface area contributed by atoms with E-state index in [1.54, 1.807) is 0 Å². The minimum Gasteiger partial charge on any atom is -0.379 e. The average molecular weight is 200 g/mol. The van der Waals surface area contributed by atoms with Gasteiger partial charge in [-0.2, -0.15) is 0 Å². The number of rotatable bonds is 3. The quantitative estimate of drug-likeness (QED) is 0.644. The van der Waals surface area contributed by atoms with Gasteiger partial charge in [0.05, 0.1) is 13.2 Å². The molecule has 1 heterocycles. The Morgan fingerprint density at radius 1 is 1.57 bits per heavy atom. The molecule has 0 aromatic carbocycles. The minimum absolute atomic E-state index is 0.0909. The van der Waals surface area contributed by atoms with Crippen molar-refractivity contribution in [2.75, 3.05) is 32.8 Å². The molecule has 82 valence electrons. The molecule has 0 aromatic heterocycles. The molecule has 0 aliphatic carbocycles. The highest BCUT2D eigenvalue weighted by molar-refractivity contribution is 5.86. The largest absolute Gasteiger partial charge is 0.379 e. The molecule has 1 fully saturated rings. The lowest BCUT2D eigenvalue weighted by atomic mass is 10.4. The maximum atomic E-state index is 10.3. The van der Waals surface area contributed by atoms with Crippen molar-refractivity contribution >= 4 is 5.91 Å². The molecule has 1 amide bonds.